The fourth-order valence-corrected chi connectivity index (χ4v) is 2.43. The van der Waals surface area contributed by atoms with Crippen LogP contribution in [0.4, 0.5) is 9.18 Å². The van der Waals surface area contributed by atoms with Crippen molar-refractivity contribution in [2.24, 2.45) is 0 Å². The van der Waals surface area contributed by atoms with Crippen LogP contribution in [0.1, 0.15) is 30.5 Å². The lowest BCUT2D eigenvalue weighted by Crippen LogP contribution is -2.36. The molecule has 25 heavy (non-hydrogen) atoms. The Morgan fingerprint density at radius 3 is 2.60 bits per heavy atom. The van der Waals surface area contributed by atoms with E-state index in [1.807, 2.05) is 45.0 Å². The van der Waals surface area contributed by atoms with Gasteiger partial charge in [-0.1, -0.05) is 30.3 Å². The quantitative estimate of drug-likeness (QED) is 0.850. The zero-order valence-corrected chi connectivity index (χ0v) is 15.2. The summed E-state index contributed by atoms with van der Waals surface area (Å²) in [6, 6.07) is 12.5. The van der Waals surface area contributed by atoms with Crippen LogP contribution in [0.3, 0.4) is 0 Å². The van der Waals surface area contributed by atoms with E-state index in [9.17, 15) is 9.18 Å². The lowest BCUT2D eigenvalue weighted by Gasteiger charge is -2.19. The molecule has 0 aliphatic heterocycles. The van der Waals surface area contributed by atoms with Crippen LogP contribution in [0, 0.1) is 12.7 Å². The summed E-state index contributed by atoms with van der Waals surface area (Å²) in [5.74, 6) is -0.199. The molecule has 0 fully saturated rings. The molecular formula is C20H25FN2O2. The highest BCUT2D eigenvalue weighted by Crippen LogP contribution is 2.19. The van der Waals surface area contributed by atoms with Gasteiger partial charge in [0.15, 0.2) is 11.6 Å². The molecule has 0 aliphatic carbocycles. The number of carbonyl (C=O) groups is 1. The molecule has 0 bridgehead atoms. The summed E-state index contributed by atoms with van der Waals surface area (Å²) in [6.07, 6.45) is -0.0878. The minimum Gasteiger partial charge on any atom is -0.488 e. The average molecular weight is 344 g/mol. The number of aryl methyl sites for hydroxylation is 1. The van der Waals surface area contributed by atoms with E-state index in [0.29, 0.717) is 12.1 Å². The van der Waals surface area contributed by atoms with Gasteiger partial charge in [-0.25, -0.2) is 9.18 Å². The Balaban J connectivity index is 1.91. The molecule has 2 aromatic rings. The first kappa shape index (κ1) is 18.8. The van der Waals surface area contributed by atoms with Gasteiger partial charge in [0.05, 0.1) is 6.10 Å². The van der Waals surface area contributed by atoms with Crippen molar-refractivity contribution >= 4 is 6.03 Å². The average Bonchev–Trinajstić information content (AvgIpc) is 2.56. The van der Waals surface area contributed by atoms with Crippen molar-refractivity contribution in [2.45, 2.75) is 40.0 Å². The molecule has 0 aliphatic rings. The van der Waals surface area contributed by atoms with Crippen molar-refractivity contribution in [3.8, 4) is 5.75 Å². The van der Waals surface area contributed by atoms with Crippen LogP contribution in [-0.2, 0) is 13.1 Å². The second-order valence-corrected chi connectivity index (χ2v) is 6.37. The number of nitrogens with zero attached hydrogens (tertiary/aromatic N) is 1. The molecule has 0 heterocycles. The molecule has 2 aromatic carbocycles. The Kier molecular flexibility index (Phi) is 6.39. The van der Waals surface area contributed by atoms with Gasteiger partial charge in [0.25, 0.3) is 0 Å². The van der Waals surface area contributed by atoms with Crippen LogP contribution in [0.2, 0.25) is 0 Å². The maximum atomic E-state index is 14.0. The third-order valence-corrected chi connectivity index (χ3v) is 3.82. The van der Waals surface area contributed by atoms with E-state index in [4.69, 9.17) is 4.74 Å². The van der Waals surface area contributed by atoms with E-state index >= 15 is 0 Å². The van der Waals surface area contributed by atoms with E-state index in [1.54, 1.807) is 24.1 Å². The Morgan fingerprint density at radius 1 is 1.24 bits per heavy atom. The molecule has 0 saturated heterocycles. The summed E-state index contributed by atoms with van der Waals surface area (Å²) < 4.78 is 19.3. The van der Waals surface area contributed by atoms with Crippen molar-refractivity contribution < 1.29 is 13.9 Å². The van der Waals surface area contributed by atoms with E-state index in [-0.39, 0.29) is 24.4 Å². The highest BCUT2D eigenvalue weighted by atomic mass is 19.1. The van der Waals surface area contributed by atoms with E-state index in [2.05, 4.69) is 5.32 Å². The number of nitrogens with one attached hydrogen (secondary N) is 1. The summed E-state index contributed by atoms with van der Waals surface area (Å²) in [5, 5.41) is 2.81. The van der Waals surface area contributed by atoms with Crippen molar-refractivity contribution in [2.75, 3.05) is 7.05 Å². The summed E-state index contributed by atoms with van der Waals surface area (Å²) in [5.41, 5.74) is 2.93. The normalized spacial score (nSPS) is 10.6. The van der Waals surface area contributed by atoms with Crippen LogP contribution < -0.4 is 10.1 Å². The summed E-state index contributed by atoms with van der Waals surface area (Å²) in [7, 11) is 1.74. The van der Waals surface area contributed by atoms with E-state index in [1.165, 1.54) is 6.07 Å². The van der Waals surface area contributed by atoms with Gasteiger partial charge in [-0.3, -0.25) is 0 Å². The minimum atomic E-state index is -0.422. The number of amides is 2. The van der Waals surface area contributed by atoms with Gasteiger partial charge in [0, 0.05) is 20.1 Å². The molecule has 1 N–H and O–H groups in total. The van der Waals surface area contributed by atoms with Crippen molar-refractivity contribution in [3.63, 3.8) is 0 Å². The Bertz CT molecular complexity index is 731. The van der Waals surface area contributed by atoms with E-state index in [0.717, 1.165) is 11.1 Å². The van der Waals surface area contributed by atoms with Crippen LogP contribution in [0.15, 0.2) is 42.5 Å². The number of rotatable bonds is 6. The molecule has 2 amide bonds. The topological polar surface area (TPSA) is 41.6 Å². The first-order valence-electron chi connectivity index (χ1n) is 8.35. The standard InChI is InChI=1S/C20H25FN2O2/c1-14(2)25-19-10-9-16(11-18(19)21)12-22-20(24)23(4)13-17-8-6-5-7-15(17)3/h5-11,14H,12-13H2,1-4H3,(H,22,24). The molecule has 4 nitrogen and oxygen atoms in total. The number of urea groups is 1. The first-order valence-corrected chi connectivity index (χ1v) is 8.35. The van der Waals surface area contributed by atoms with Gasteiger partial charge in [-0.2, -0.15) is 0 Å². The molecular weight excluding hydrogens is 319 g/mol. The molecule has 0 radical (unpaired) electrons. The first-order chi connectivity index (χ1) is 11.9. The molecule has 134 valence electrons. The Morgan fingerprint density at radius 2 is 1.96 bits per heavy atom. The zero-order valence-electron chi connectivity index (χ0n) is 15.2. The third-order valence-electron chi connectivity index (χ3n) is 3.82. The molecule has 0 saturated carbocycles. The highest BCUT2D eigenvalue weighted by Gasteiger charge is 2.11. The number of ether oxygens (including phenoxy) is 1. The van der Waals surface area contributed by atoms with Gasteiger partial charge >= 0.3 is 6.03 Å². The Labute approximate surface area is 148 Å². The van der Waals surface area contributed by atoms with E-state index < -0.39 is 5.82 Å². The van der Waals surface area contributed by atoms with Crippen LogP contribution in [0.5, 0.6) is 5.75 Å². The van der Waals surface area contributed by atoms with Gasteiger partial charge in [0.2, 0.25) is 0 Å². The summed E-state index contributed by atoms with van der Waals surface area (Å²) in [6.45, 7) is 6.49. The fraction of sp³-hybridized carbons (Fsp3) is 0.350. The largest absolute Gasteiger partial charge is 0.488 e. The van der Waals surface area contributed by atoms with Gasteiger partial charge in [0.1, 0.15) is 0 Å². The van der Waals surface area contributed by atoms with Crippen LogP contribution in [-0.4, -0.2) is 24.1 Å². The number of carbonyl (C=O) groups excluding carboxylic acids is 1. The minimum absolute atomic E-state index is 0.0878. The SMILES string of the molecule is Cc1ccccc1CN(C)C(=O)NCc1ccc(OC(C)C)c(F)c1. The monoisotopic (exact) mass is 344 g/mol. The van der Waals surface area contributed by atoms with Crippen molar-refractivity contribution in [3.05, 3.63) is 65.0 Å². The third kappa shape index (κ3) is 5.48. The number of hydrogen-bond donors (Lipinski definition) is 1. The van der Waals surface area contributed by atoms with Crippen molar-refractivity contribution in [1.29, 1.82) is 0 Å². The number of hydrogen-bond acceptors (Lipinski definition) is 2. The molecule has 2 rings (SSSR count). The predicted molar refractivity (Wildman–Crippen MR) is 97.0 cm³/mol. The second-order valence-electron chi connectivity index (χ2n) is 6.37. The number of benzene rings is 2. The predicted octanol–water partition coefficient (Wildman–Crippen LogP) is 4.26. The molecule has 5 heteroatoms. The maximum absolute atomic E-state index is 14.0. The highest BCUT2D eigenvalue weighted by molar-refractivity contribution is 5.73. The number of halogens is 1. The smallest absolute Gasteiger partial charge is 0.317 e. The summed E-state index contributed by atoms with van der Waals surface area (Å²) in [4.78, 5) is 13.8. The lowest BCUT2D eigenvalue weighted by molar-refractivity contribution is 0.206. The van der Waals surface area contributed by atoms with Gasteiger partial charge < -0.3 is 15.0 Å². The second kappa shape index (κ2) is 8.51. The maximum Gasteiger partial charge on any atom is 0.317 e. The van der Waals surface area contributed by atoms with Gasteiger partial charge in [-0.05, 0) is 49.6 Å². The molecule has 0 aromatic heterocycles. The molecule has 0 atom stereocenters. The van der Waals surface area contributed by atoms with Crippen LogP contribution in [0.25, 0.3) is 0 Å². The van der Waals surface area contributed by atoms with Crippen molar-refractivity contribution in [1.82, 2.24) is 10.2 Å². The fourth-order valence-electron chi connectivity index (χ4n) is 2.43. The molecule has 0 unspecified atom stereocenters. The molecule has 0 spiro atoms. The Hall–Kier alpha value is -2.56. The lowest BCUT2D eigenvalue weighted by atomic mass is 10.1. The van der Waals surface area contributed by atoms with Gasteiger partial charge in [-0.15, -0.1) is 0 Å². The van der Waals surface area contributed by atoms with Crippen LogP contribution >= 0.6 is 0 Å². The zero-order chi connectivity index (χ0) is 18.4. The summed E-state index contributed by atoms with van der Waals surface area (Å²) >= 11 is 0.